The second-order valence-corrected chi connectivity index (χ2v) is 6.55. The van der Waals surface area contributed by atoms with E-state index >= 15 is 0 Å². The molecule has 0 unspecified atom stereocenters. The highest BCUT2D eigenvalue weighted by molar-refractivity contribution is 14.0. The van der Waals surface area contributed by atoms with Crippen molar-refractivity contribution in [2.24, 2.45) is 4.99 Å². The summed E-state index contributed by atoms with van der Waals surface area (Å²) in [5.74, 6) is 1.89. The van der Waals surface area contributed by atoms with Gasteiger partial charge in [0.15, 0.2) is 11.7 Å². The van der Waals surface area contributed by atoms with Gasteiger partial charge in [-0.25, -0.2) is 0 Å². The predicted molar refractivity (Wildman–Crippen MR) is 126 cm³/mol. The Balaban J connectivity index is 0.00000420. The van der Waals surface area contributed by atoms with E-state index in [0.717, 1.165) is 29.3 Å². The van der Waals surface area contributed by atoms with Gasteiger partial charge in [0.1, 0.15) is 12.4 Å². The first-order valence-electron chi connectivity index (χ1n) is 9.45. The van der Waals surface area contributed by atoms with Crippen LogP contribution in [0.25, 0.3) is 0 Å². The molecular formula is C21H31IN4O3. The molecule has 1 aromatic carbocycles. The van der Waals surface area contributed by atoms with Crippen molar-refractivity contribution in [1.29, 1.82) is 0 Å². The number of furan rings is 1. The molecule has 0 radical (unpaired) electrons. The summed E-state index contributed by atoms with van der Waals surface area (Å²) in [6.07, 6.45) is 2.30. The van der Waals surface area contributed by atoms with Gasteiger partial charge in [-0.15, -0.1) is 24.0 Å². The zero-order chi connectivity index (χ0) is 20.4. The fourth-order valence-electron chi connectivity index (χ4n) is 2.68. The molecule has 0 saturated carbocycles. The third-order valence-electron chi connectivity index (χ3n) is 4.34. The Bertz CT molecular complexity index is 792. The van der Waals surface area contributed by atoms with Crippen LogP contribution in [0.3, 0.4) is 0 Å². The number of benzene rings is 1. The van der Waals surface area contributed by atoms with Gasteiger partial charge in [-0.05, 0) is 38.0 Å². The van der Waals surface area contributed by atoms with Crippen molar-refractivity contribution in [3.63, 3.8) is 0 Å². The Morgan fingerprint density at radius 2 is 1.86 bits per heavy atom. The molecule has 0 fully saturated rings. The Labute approximate surface area is 189 Å². The minimum absolute atomic E-state index is 0. The van der Waals surface area contributed by atoms with Crippen molar-refractivity contribution in [3.05, 3.63) is 53.5 Å². The van der Waals surface area contributed by atoms with Gasteiger partial charge in [0.2, 0.25) is 0 Å². The summed E-state index contributed by atoms with van der Waals surface area (Å²) in [5.41, 5.74) is 1.96. The van der Waals surface area contributed by atoms with Crippen LogP contribution in [0.4, 0.5) is 0 Å². The number of carbonyl (C=O) groups excluding carboxylic acids is 1. The number of hydrogen-bond donors (Lipinski definition) is 2. The van der Waals surface area contributed by atoms with Gasteiger partial charge < -0.3 is 24.7 Å². The van der Waals surface area contributed by atoms with Gasteiger partial charge in [0, 0.05) is 32.7 Å². The summed E-state index contributed by atoms with van der Waals surface area (Å²) < 4.78 is 11.0. The number of amides is 1. The summed E-state index contributed by atoms with van der Waals surface area (Å²) in [4.78, 5) is 18.3. The van der Waals surface area contributed by atoms with Crippen molar-refractivity contribution in [3.8, 4) is 5.75 Å². The monoisotopic (exact) mass is 514 g/mol. The van der Waals surface area contributed by atoms with Gasteiger partial charge in [0.05, 0.1) is 12.8 Å². The molecule has 160 valence electrons. The lowest BCUT2D eigenvalue weighted by Gasteiger charge is -2.22. The quantitative estimate of drug-likeness (QED) is 0.233. The first-order chi connectivity index (χ1) is 13.5. The van der Waals surface area contributed by atoms with E-state index in [-0.39, 0.29) is 29.9 Å². The summed E-state index contributed by atoms with van der Waals surface area (Å²) in [6, 6.07) is 9.75. The molecule has 29 heavy (non-hydrogen) atoms. The number of para-hydroxylation sites is 1. The average molecular weight is 514 g/mol. The zero-order valence-corrected chi connectivity index (χ0v) is 19.9. The SMILES string of the molecule is CN=C(NCCCNC(=O)c1occc1C)N(C)CCOc1ccccc1C.I. The molecule has 1 heterocycles. The summed E-state index contributed by atoms with van der Waals surface area (Å²) in [6.45, 7) is 6.42. The molecule has 0 bridgehead atoms. The normalized spacial score (nSPS) is 10.8. The van der Waals surface area contributed by atoms with Crippen LogP contribution in [0.15, 0.2) is 46.0 Å². The number of aryl methyl sites for hydroxylation is 2. The maximum atomic E-state index is 12.0. The van der Waals surface area contributed by atoms with Crippen LogP contribution in [0.5, 0.6) is 5.75 Å². The average Bonchev–Trinajstić information content (AvgIpc) is 3.12. The number of guanidine groups is 1. The van der Waals surface area contributed by atoms with Crippen LogP contribution in [0, 0.1) is 13.8 Å². The number of hydrogen-bond acceptors (Lipinski definition) is 4. The van der Waals surface area contributed by atoms with Gasteiger partial charge in [-0.3, -0.25) is 9.79 Å². The van der Waals surface area contributed by atoms with E-state index in [2.05, 4.69) is 15.6 Å². The molecule has 2 N–H and O–H groups in total. The molecule has 0 aliphatic carbocycles. The third kappa shape index (κ3) is 7.96. The van der Waals surface area contributed by atoms with Crippen LogP contribution in [-0.2, 0) is 0 Å². The van der Waals surface area contributed by atoms with Crippen molar-refractivity contribution < 1.29 is 13.9 Å². The van der Waals surface area contributed by atoms with Crippen molar-refractivity contribution in [2.75, 3.05) is 40.3 Å². The lowest BCUT2D eigenvalue weighted by atomic mass is 10.2. The zero-order valence-electron chi connectivity index (χ0n) is 17.5. The third-order valence-corrected chi connectivity index (χ3v) is 4.34. The van der Waals surface area contributed by atoms with E-state index in [1.165, 1.54) is 6.26 Å². The first-order valence-corrected chi connectivity index (χ1v) is 9.45. The Morgan fingerprint density at radius 3 is 2.52 bits per heavy atom. The molecule has 2 aromatic rings. The van der Waals surface area contributed by atoms with Gasteiger partial charge in [-0.2, -0.15) is 0 Å². The van der Waals surface area contributed by atoms with Gasteiger partial charge in [-0.1, -0.05) is 18.2 Å². The van der Waals surface area contributed by atoms with Crippen molar-refractivity contribution >= 4 is 35.8 Å². The van der Waals surface area contributed by atoms with Crippen LogP contribution in [-0.4, -0.2) is 57.1 Å². The number of nitrogens with zero attached hydrogens (tertiary/aromatic N) is 2. The van der Waals surface area contributed by atoms with Crippen molar-refractivity contribution in [1.82, 2.24) is 15.5 Å². The molecule has 7 nitrogen and oxygen atoms in total. The van der Waals surface area contributed by atoms with Crippen LogP contribution in [0.2, 0.25) is 0 Å². The molecule has 0 atom stereocenters. The lowest BCUT2D eigenvalue weighted by Crippen LogP contribution is -2.41. The summed E-state index contributed by atoms with van der Waals surface area (Å²) >= 11 is 0. The van der Waals surface area contributed by atoms with Crippen LogP contribution < -0.4 is 15.4 Å². The molecular weight excluding hydrogens is 483 g/mol. The smallest absolute Gasteiger partial charge is 0.287 e. The molecule has 0 aliphatic rings. The minimum atomic E-state index is -0.183. The largest absolute Gasteiger partial charge is 0.491 e. The Hall–Kier alpha value is -2.23. The Morgan fingerprint density at radius 1 is 1.14 bits per heavy atom. The number of halogens is 1. The number of aliphatic imine (C=N–C) groups is 1. The van der Waals surface area contributed by atoms with Gasteiger partial charge in [0.25, 0.3) is 5.91 Å². The summed E-state index contributed by atoms with van der Waals surface area (Å²) in [5, 5.41) is 6.15. The van der Waals surface area contributed by atoms with E-state index in [9.17, 15) is 4.79 Å². The number of ether oxygens (including phenoxy) is 1. The van der Waals surface area contributed by atoms with E-state index < -0.39 is 0 Å². The fourth-order valence-corrected chi connectivity index (χ4v) is 2.68. The highest BCUT2D eigenvalue weighted by Crippen LogP contribution is 2.15. The maximum absolute atomic E-state index is 12.0. The number of carbonyl (C=O) groups is 1. The van der Waals surface area contributed by atoms with Crippen LogP contribution >= 0.6 is 24.0 Å². The molecule has 0 spiro atoms. The van der Waals surface area contributed by atoms with E-state index in [1.807, 2.05) is 50.1 Å². The molecule has 0 saturated heterocycles. The van der Waals surface area contributed by atoms with Gasteiger partial charge >= 0.3 is 0 Å². The number of nitrogens with one attached hydrogen (secondary N) is 2. The minimum Gasteiger partial charge on any atom is -0.491 e. The highest BCUT2D eigenvalue weighted by Gasteiger charge is 2.11. The van der Waals surface area contributed by atoms with E-state index in [4.69, 9.17) is 9.15 Å². The summed E-state index contributed by atoms with van der Waals surface area (Å²) in [7, 11) is 3.72. The second-order valence-electron chi connectivity index (χ2n) is 6.55. The second kappa shape index (κ2) is 13.1. The molecule has 8 heteroatoms. The lowest BCUT2D eigenvalue weighted by molar-refractivity contribution is 0.0925. The molecule has 1 amide bonds. The van der Waals surface area contributed by atoms with E-state index in [1.54, 1.807) is 13.1 Å². The fraction of sp³-hybridized carbons (Fsp3) is 0.429. The standard InChI is InChI=1S/C21H30N4O3.HI/c1-16-8-5-6-9-18(16)27-15-13-25(4)21(22-3)24-12-7-11-23-20(26)19-17(2)10-14-28-19;/h5-6,8-10,14H,7,11-13,15H2,1-4H3,(H,22,24)(H,23,26);1H. The molecule has 0 aliphatic heterocycles. The first kappa shape index (κ1) is 24.8. The highest BCUT2D eigenvalue weighted by atomic mass is 127. The Kier molecular flexibility index (Phi) is 11.2. The molecule has 2 rings (SSSR count). The maximum Gasteiger partial charge on any atom is 0.287 e. The number of likely N-dealkylation sites (N-methyl/N-ethyl adjacent to an activating group) is 1. The van der Waals surface area contributed by atoms with Crippen molar-refractivity contribution in [2.45, 2.75) is 20.3 Å². The topological polar surface area (TPSA) is 79.1 Å². The number of rotatable bonds is 9. The molecule has 1 aromatic heterocycles. The van der Waals surface area contributed by atoms with Crippen LogP contribution in [0.1, 0.15) is 28.1 Å². The van der Waals surface area contributed by atoms with E-state index in [0.29, 0.717) is 32.0 Å². The predicted octanol–water partition coefficient (Wildman–Crippen LogP) is 3.22.